The largest absolute Gasteiger partial charge is 0.310 e. The highest BCUT2D eigenvalue weighted by Crippen LogP contribution is 2.25. The van der Waals surface area contributed by atoms with Gasteiger partial charge in [0.2, 0.25) is 5.91 Å². The van der Waals surface area contributed by atoms with Crippen molar-refractivity contribution in [2.24, 2.45) is 0 Å². The van der Waals surface area contributed by atoms with E-state index in [2.05, 4.69) is 26.2 Å². The van der Waals surface area contributed by atoms with E-state index < -0.39 is 5.41 Å². The van der Waals surface area contributed by atoms with Gasteiger partial charge in [-0.3, -0.25) is 4.79 Å². The van der Waals surface area contributed by atoms with Gasteiger partial charge >= 0.3 is 0 Å². The molecule has 0 aliphatic carbocycles. The van der Waals surface area contributed by atoms with Gasteiger partial charge in [0.25, 0.3) is 0 Å². The van der Waals surface area contributed by atoms with Crippen LogP contribution in [-0.4, -0.2) is 10.9 Å². The number of nitrogens with one attached hydrogen (secondary N) is 1. The number of nitrogens with zero attached hydrogens (tertiary/aromatic N) is 1. The molecule has 1 aromatic heterocycles. The minimum absolute atomic E-state index is 0.0679. The smallest absolute Gasteiger partial charge is 0.235 e. The van der Waals surface area contributed by atoms with Gasteiger partial charge in [0, 0.05) is 10.7 Å². The van der Waals surface area contributed by atoms with Crippen LogP contribution in [0.1, 0.15) is 25.0 Å². The molecule has 0 unspecified atom stereocenters. The molecule has 1 N–H and O–H groups in total. The maximum absolute atomic E-state index is 12.5. The van der Waals surface area contributed by atoms with Crippen LogP contribution in [0.5, 0.6) is 0 Å². The predicted octanol–water partition coefficient (Wildman–Crippen LogP) is 4.07. The van der Waals surface area contributed by atoms with Crippen LogP contribution in [-0.2, 0) is 10.2 Å². The summed E-state index contributed by atoms with van der Waals surface area (Å²) < 4.78 is 0.898. The van der Waals surface area contributed by atoms with E-state index in [1.54, 1.807) is 6.20 Å². The molecule has 0 fully saturated rings. The van der Waals surface area contributed by atoms with Gasteiger partial charge in [-0.15, -0.1) is 0 Å². The van der Waals surface area contributed by atoms with Crippen LogP contribution in [0.15, 0.2) is 47.1 Å². The van der Waals surface area contributed by atoms with Crippen molar-refractivity contribution in [1.82, 2.24) is 4.98 Å². The van der Waals surface area contributed by atoms with Crippen molar-refractivity contribution in [3.63, 3.8) is 0 Å². The summed E-state index contributed by atoms with van der Waals surface area (Å²) in [6, 6.07) is 11.7. The molecule has 3 nitrogen and oxygen atoms in total. The fourth-order valence-corrected chi connectivity index (χ4v) is 2.37. The maximum atomic E-state index is 12.5. The van der Waals surface area contributed by atoms with Crippen LogP contribution in [0.25, 0.3) is 0 Å². The molecule has 0 saturated carbocycles. The first kappa shape index (κ1) is 14.7. The summed E-state index contributed by atoms with van der Waals surface area (Å²) in [4.78, 5) is 16.8. The summed E-state index contributed by atoms with van der Waals surface area (Å²) in [7, 11) is 0. The summed E-state index contributed by atoms with van der Waals surface area (Å²) in [5, 5.41) is 2.91. The number of aryl methyl sites for hydroxylation is 1. The molecule has 0 atom stereocenters. The van der Waals surface area contributed by atoms with Crippen molar-refractivity contribution in [2.75, 3.05) is 5.32 Å². The van der Waals surface area contributed by atoms with E-state index in [-0.39, 0.29) is 5.91 Å². The Balaban J connectivity index is 2.23. The number of benzene rings is 1. The van der Waals surface area contributed by atoms with Crippen molar-refractivity contribution in [3.8, 4) is 0 Å². The summed E-state index contributed by atoms with van der Waals surface area (Å²) >= 11 is 3.36. The Labute approximate surface area is 127 Å². The molecule has 0 aliphatic heterocycles. The summed E-state index contributed by atoms with van der Waals surface area (Å²) in [6.07, 6.45) is 1.68. The standard InChI is InChI=1S/C16H17BrN2O/c1-11-9-13(17)10-18-14(11)19-15(20)16(2,3)12-7-5-4-6-8-12/h4-10H,1-3H3,(H,18,19,20). The SMILES string of the molecule is Cc1cc(Br)cnc1NC(=O)C(C)(C)c1ccccc1. The summed E-state index contributed by atoms with van der Waals surface area (Å²) in [5.74, 6) is 0.531. The highest BCUT2D eigenvalue weighted by Gasteiger charge is 2.30. The van der Waals surface area contributed by atoms with Crippen molar-refractivity contribution < 1.29 is 4.79 Å². The summed E-state index contributed by atoms with van der Waals surface area (Å²) in [6.45, 7) is 5.74. The van der Waals surface area contributed by atoms with Crippen LogP contribution < -0.4 is 5.32 Å². The Morgan fingerprint density at radius 1 is 1.25 bits per heavy atom. The molecule has 1 amide bonds. The zero-order valence-electron chi connectivity index (χ0n) is 11.8. The number of hydrogen-bond acceptors (Lipinski definition) is 2. The lowest BCUT2D eigenvalue weighted by Gasteiger charge is -2.24. The highest BCUT2D eigenvalue weighted by molar-refractivity contribution is 9.10. The molecule has 0 spiro atoms. The number of halogens is 1. The lowest BCUT2D eigenvalue weighted by Crippen LogP contribution is -2.35. The van der Waals surface area contributed by atoms with Gasteiger partial charge in [-0.2, -0.15) is 0 Å². The van der Waals surface area contributed by atoms with Crippen molar-refractivity contribution in [2.45, 2.75) is 26.2 Å². The second kappa shape index (κ2) is 5.75. The van der Waals surface area contributed by atoms with Crippen molar-refractivity contribution >= 4 is 27.7 Å². The van der Waals surface area contributed by atoms with Gasteiger partial charge in [0.05, 0.1) is 5.41 Å². The third-order valence-corrected chi connectivity index (χ3v) is 3.77. The zero-order chi connectivity index (χ0) is 14.8. The quantitative estimate of drug-likeness (QED) is 0.920. The average Bonchev–Trinajstić information content (AvgIpc) is 2.42. The average molecular weight is 333 g/mol. The fraction of sp³-hybridized carbons (Fsp3) is 0.250. The van der Waals surface area contributed by atoms with E-state index in [1.165, 1.54) is 0 Å². The Hall–Kier alpha value is -1.68. The second-order valence-electron chi connectivity index (χ2n) is 5.26. The lowest BCUT2D eigenvalue weighted by atomic mass is 9.84. The highest BCUT2D eigenvalue weighted by atomic mass is 79.9. The first-order valence-corrected chi connectivity index (χ1v) is 7.19. The summed E-state index contributed by atoms with van der Waals surface area (Å²) in [5.41, 5.74) is 1.30. The molecule has 20 heavy (non-hydrogen) atoms. The number of aromatic nitrogens is 1. The number of anilines is 1. The molecule has 0 saturated heterocycles. The maximum Gasteiger partial charge on any atom is 0.235 e. The number of pyridine rings is 1. The third kappa shape index (κ3) is 3.07. The van der Waals surface area contributed by atoms with Gasteiger partial charge in [-0.25, -0.2) is 4.98 Å². The van der Waals surface area contributed by atoms with Crippen LogP contribution in [0, 0.1) is 6.92 Å². The predicted molar refractivity (Wildman–Crippen MR) is 84.8 cm³/mol. The molecular weight excluding hydrogens is 316 g/mol. The molecule has 104 valence electrons. The number of rotatable bonds is 3. The number of amides is 1. The number of hydrogen-bond donors (Lipinski definition) is 1. The third-order valence-electron chi connectivity index (χ3n) is 3.34. The Kier molecular flexibility index (Phi) is 4.23. The Morgan fingerprint density at radius 2 is 1.90 bits per heavy atom. The second-order valence-corrected chi connectivity index (χ2v) is 6.18. The first-order valence-electron chi connectivity index (χ1n) is 6.40. The molecule has 0 radical (unpaired) electrons. The molecule has 0 aliphatic rings. The van der Waals surface area contributed by atoms with Crippen LogP contribution in [0.3, 0.4) is 0 Å². The minimum Gasteiger partial charge on any atom is -0.310 e. The number of carbonyl (C=O) groups excluding carboxylic acids is 1. The molecular formula is C16H17BrN2O. The van der Waals surface area contributed by atoms with Gasteiger partial charge in [0.1, 0.15) is 5.82 Å². The molecule has 2 rings (SSSR count). The van der Waals surface area contributed by atoms with Crippen LogP contribution >= 0.6 is 15.9 Å². The van der Waals surface area contributed by atoms with Gasteiger partial charge in [0.15, 0.2) is 0 Å². The minimum atomic E-state index is -0.609. The van der Waals surface area contributed by atoms with E-state index in [0.717, 1.165) is 15.6 Å². The van der Waals surface area contributed by atoms with Gasteiger partial charge in [-0.05, 0) is 53.9 Å². The van der Waals surface area contributed by atoms with E-state index in [0.29, 0.717) is 5.82 Å². The molecule has 1 aromatic carbocycles. The van der Waals surface area contributed by atoms with E-state index >= 15 is 0 Å². The fourth-order valence-electron chi connectivity index (χ4n) is 1.92. The van der Waals surface area contributed by atoms with Crippen LogP contribution in [0.2, 0.25) is 0 Å². The molecule has 2 aromatic rings. The molecule has 4 heteroatoms. The monoisotopic (exact) mass is 332 g/mol. The van der Waals surface area contributed by atoms with E-state index in [4.69, 9.17) is 0 Å². The lowest BCUT2D eigenvalue weighted by molar-refractivity contribution is -0.120. The Bertz CT molecular complexity index is 624. The van der Waals surface area contributed by atoms with Crippen LogP contribution in [0.4, 0.5) is 5.82 Å². The first-order chi connectivity index (χ1) is 9.41. The number of carbonyl (C=O) groups is 1. The molecule has 0 bridgehead atoms. The topological polar surface area (TPSA) is 42.0 Å². The zero-order valence-corrected chi connectivity index (χ0v) is 13.4. The van der Waals surface area contributed by atoms with Gasteiger partial charge in [-0.1, -0.05) is 30.3 Å². The van der Waals surface area contributed by atoms with E-state index in [9.17, 15) is 4.79 Å². The van der Waals surface area contributed by atoms with Crippen molar-refractivity contribution in [3.05, 3.63) is 58.2 Å². The van der Waals surface area contributed by atoms with E-state index in [1.807, 2.05) is 57.2 Å². The normalized spacial score (nSPS) is 11.2. The van der Waals surface area contributed by atoms with Crippen molar-refractivity contribution in [1.29, 1.82) is 0 Å². The molecule has 1 heterocycles. The Morgan fingerprint density at radius 3 is 2.50 bits per heavy atom. The van der Waals surface area contributed by atoms with Gasteiger partial charge < -0.3 is 5.32 Å².